The van der Waals surface area contributed by atoms with E-state index in [2.05, 4.69) is 24.5 Å². The quantitative estimate of drug-likeness (QED) is 0.448. The molecule has 0 spiro atoms. The minimum atomic E-state index is 0.626. The summed E-state index contributed by atoms with van der Waals surface area (Å²) < 4.78 is 0. The fourth-order valence-electron chi connectivity index (χ4n) is 1.64. The molecule has 0 aromatic rings. The average molecular weight is 229 g/mol. The summed E-state index contributed by atoms with van der Waals surface area (Å²) in [6.45, 7) is 8.72. The molecule has 0 aromatic carbocycles. The maximum absolute atomic E-state index is 5.43. The Bertz CT molecular complexity index is 126. The molecule has 0 radical (unpaired) electrons. The fraction of sp³-hybridized carbons (Fsp3) is 1.00. The van der Waals surface area contributed by atoms with Gasteiger partial charge in [-0.3, -0.25) is 0 Å². The highest BCUT2D eigenvalue weighted by atomic mass is 14.9. The van der Waals surface area contributed by atoms with Crippen molar-refractivity contribution in [1.29, 1.82) is 0 Å². The van der Waals surface area contributed by atoms with E-state index in [1.54, 1.807) is 0 Å². The van der Waals surface area contributed by atoms with Crippen molar-refractivity contribution in [2.45, 2.75) is 58.4 Å². The molecule has 0 heterocycles. The lowest BCUT2D eigenvalue weighted by Gasteiger charge is -2.08. The molecule has 0 aliphatic rings. The van der Waals surface area contributed by atoms with Crippen molar-refractivity contribution in [1.82, 2.24) is 10.6 Å². The number of nitrogens with two attached hydrogens (primary N) is 1. The summed E-state index contributed by atoms with van der Waals surface area (Å²) in [5.74, 6) is 0. The first kappa shape index (κ1) is 15.9. The molecule has 4 N–H and O–H groups in total. The highest BCUT2D eigenvalue weighted by Gasteiger charge is 1.93. The second-order valence-corrected chi connectivity index (χ2v) is 4.77. The van der Waals surface area contributed by atoms with E-state index in [4.69, 9.17) is 5.73 Å². The summed E-state index contributed by atoms with van der Waals surface area (Å²) in [6, 6.07) is 0.626. The van der Waals surface area contributed by atoms with Crippen molar-refractivity contribution in [3.05, 3.63) is 0 Å². The molecule has 0 saturated heterocycles. The molecule has 0 fully saturated rings. The molecule has 0 saturated carbocycles. The molecule has 0 aliphatic heterocycles. The van der Waals surface area contributed by atoms with E-state index in [0.29, 0.717) is 6.04 Å². The van der Waals surface area contributed by atoms with Crippen LogP contribution < -0.4 is 16.4 Å². The summed E-state index contributed by atoms with van der Waals surface area (Å²) in [5.41, 5.74) is 5.43. The van der Waals surface area contributed by atoms with Crippen LogP contribution >= 0.6 is 0 Å². The number of nitrogens with one attached hydrogen (secondary N) is 2. The highest BCUT2D eigenvalue weighted by molar-refractivity contribution is 4.54. The van der Waals surface area contributed by atoms with Crippen LogP contribution in [0.2, 0.25) is 0 Å². The average Bonchev–Trinajstić information content (AvgIpc) is 2.25. The van der Waals surface area contributed by atoms with Gasteiger partial charge in [0.15, 0.2) is 0 Å². The van der Waals surface area contributed by atoms with Crippen molar-refractivity contribution < 1.29 is 0 Å². The van der Waals surface area contributed by atoms with Gasteiger partial charge in [-0.15, -0.1) is 0 Å². The van der Waals surface area contributed by atoms with E-state index in [0.717, 1.165) is 19.6 Å². The predicted molar refractivity (Wildman–Crippen MR) is 72.8 cm³/mol. The van der Waals surface area contributed by atoms with E-state index in [1.165, 1.54) is 45.1 Å². The van der Waals surface area contributed by atoms with E-state index < -0.39 is 0 Å². The summed E-state index contributed by atoms with van der Waals surface area (Å²) in [7, 11) is 0. The SMILES string of the molecule is CC(C)NCCCCCNCCCCCN. The summed E-state index contributed by atoms with van der Waals surface area (Å²) in [4.78, 5) is 0. The van der Waals surface area contributed by atoms with Gasteiger partial charge < -0.3 is 16.4 Å². The summed E-state index contributed by atoms with van der Waals surface area (Å²) in [6.07, 6.45) is 7.63. The Morgan fingerprint density at radius 2 is 1.38 bits per heavy atom. The van der Waals surface area contributed by atoms with Gasteiger partial charge in [0.05, 0.1) is 0 Å². The Kier molecular flexibility index (Phi) is 12.9. The Hall–Kier alpha value is -0.120. The topological polar surface area (TPSA) is 50.1 Å². The number of hydrogen-bond donors (Lipinski definition) is 3. The third-order valence-electron chi connectivity index (χ3n) is 2.64. The minimum absolute atomic E-state index is 0.626. The molecule has 0 aromatic heterocycles. The van der Waals surface area contributed by atoms with Crippen molar-refractivity contribution in [3.8, 4) is 0 Å². The third-order valence-corrected chi connectivity index (χ3v) is 2.64. The standard InChI is InChI=1S/C13H31N3/c1-13(2)16-12-8-4-7-11-15-10-6-3-5-9-14/h13,15-16H,3-12,14H2,1-2H3. The van der Waals surface area contributed by atoms with Gasteiger partial charge in [0.25, 0.3) is 0 Å². The summed E-state index contributed by atoms with van der Waals surface area (Å²) in [5, 5.41) is 6.92. The third kappa shape index (κ3) is 13.9. The molecule has 0 rings (SSSR count). The fourth-order valence-corrected chi connectivity index (χ4v) is 1.64. The Labute approximate surface area is 102 Å². The van der Waals surface area contributed by atoms with E-state index in [1.807, 2.05) is 0 Å². The maximum Gasteiger partial charge on any atom is 0.00103 e. The monoisotopic (exact) mass is 229 g/mol. The van der Waals surface area contributed by atoms with Gasteiger partial charge in [-0.2, -0.15) is 0 Å². The van der Waals surface area contributed by atoms with Gasteiger partial charge in [-0.05, 0) is 51.9 Å². The molecule has 98 valence electrons. The van der Waals surface area contributed by atoms with Crippen molar-refractivity contribution in [2.75, 3.05) is 26.2 Å². The number of unbranched alkanes of at least 4 members (excludes halogenated alkanes) is 4. The Morgan fingerprint density at radius 1 is 0.812 bits per heavy atom. The Balaban J connectivity index is 2.88. The van der Waals surface area contributed by atoms with E-state index in [9.17, 15) is 0 Å². The van der Waals surface area contributed by atoms with Crippen molar-refractivity contribution in [3.63, 3.8) is 0 Å². The predicted octanol–water partition coefficient (Wildman–Crippen LogP) is 1.87. The van der Waals surface area contributed by atoms with E-state index >= 15 is 0 Å². The molecule has 0 aliphatic carbocycles. The zero-order chi connectivity index (χ0) is 12.1. The van der Waals surface area contributed by atoms with E-state index in [-0.39, 0.29) is 0 Å². The van der Waals surface area contributed by atoms with Crippen LogP contribution in [0.4, 0.5) is 0 Å². The van der Waals surface area contributed by atoms with Crippen LogP contribution in [-0.2, 0) is 0 Å². The Morgan fingerprint density at radius 3 is 1.94 bits per heavy atom. The normalized spacial score (nSPS) is 11.2. The van der Waals surface area contributed by atoms with Gasteiger partial charge in [0.2, 0.25) is 0 Å². The van der Waals surface area contributed by atoms with Gasteiger partial charge in [-0.1, -0.05) is 26.7 Å². The van der Waals surface area contributed by atoms with Crippen LogP contribution in [0, 0.1) is 0 Å². The van der Waals surface area contributed by atoms with Crippen molar-refractivity contribution in [2.24, 2.45) is 5.73 Å². The first-order chi connectivity index (χ1) is 7.77. The second kappa shape index (κ2) is 12.9. The van der Waals surface area contributed by atoms with Crippen LogP contribution in [0.15, 0.2) is 0 Å². The minimum Gasteiger partial charge on any atom is -0.330 e. The van der Waals surface area contributed by atoms with Gasteiger partial charge in [0, 0.05) is 6.04 Å². The van der Waals surface area contributed by atoms with Crippen molar-refractivity contribution >= 4 is 0 Å². The maximum atomic E-state index is 5.43. The zero-order valence-corrected chi connectivity index (χ0v) is 11.2. The van der Waals surface area contributed by atoms with Crippen LogP contribution in [0.5, 0.6) is 0 Å². The molecule has 0 amide bonds. The van der Waals surface area contributed by atoms with Crippen LogP contribution in [0.3, 0.4) is 0 Å². The van der Waals surface area contributed by atoms with Gasteiger partial charge in [0.1, 0.15) is 0 Å². The van der Waals surface area contributed by atoms with Gasteiger partial charge in [-0.25, -0.2) is 0 Å². The van der Waals surface area contributed by atoms with Crippen LogP contribution in [0.1, 0.15) is 52.4 Å². The molecule has 3 heteroatoms. The smallest absolute Gasteiger partial charge is 0.00103 e. The summed E-state index contributed by atoms with van der Waals surface area (Å²) >= 11 is 0. The second-order valence-electron chi connectivity index (χ2n) is 4.77. The lowest BCUT2D eigenvalue weighted by molar-refractivity contribution is 0.531. The lowest BCUT2D eigenvalue weighted by atomic mass is 10.2. The zero-order valence-electron chi connectivity index (χ0n) is 11.2. The largest absolute Gasteiger partial charge is 0.330 e. The molecule has 0 atom stereocenters. The lowest BCUT2D eigenvalue weighted by Crippen LogP contribution is -2.24. The number of rotatable bonds is 12. The van der Waals surface area contributed by atoms with Gasteiger partial charge >= 0.3 is 0 Å². The molecule has 0 unspecified atom stereocenters. The molecular formula is C13H31N3. The molecule has 16 heavy (non-hydrogen) atoms. The first-order valence-corrected chi connectivity index (χ1v) is 6.91. The molecule has 0 bridgehead atoms. The number of hydrogen-bond acceptors (Lipinski definition) is 3. The van der Waals surface area contributed by atoms with Crippen LogP contribution in [-0.4, -0.2) is 32.2 Å². The highest BCUT2D eigenvalue weighted by Crippen LogP contribution is 1.94. The first-order valence-electron chi connectivity index (χ1n) is 6.91. The molecule has 3 nitrogen and oxygen atoms in total. The van der Waals surface area contributed by atoms with Crippen LogP contribution in [0.25, 0.3) is 0 Å². The molecular weight excluding hydrogens is 198 g/mol.